The van der Waals surface area contributed by atoms with E-state index in [4.69, 9.17) is 19.9 Å². The molecule has 236 valence electrons. The summed E-state index contributed by atoms with van der Waals surface area (Å²) in [6.07, 6.45) is 6.92. The zero-order valence-corrected chi connectivity index (χ0v) is 25.8. The van der Waals surface area contributed by atoms with Crippen molar-refractivity contribution in [1.82, 2.24) is 29.7 Å². The van der Waals surface area contributed by atoms with E-state index >= 15 is 0 Å². The molecule has 2 aromatic heterocycles. The van der Waals surface area contributed by atoms with E-state index < -0.39 is 0 Å². The topological polar surface area (TPSA) is 150 Å². The zero-order valence-electron chi connectivity index (χ0n) is 25.8. The summed E-state index contributed by atoms with van der Waals surface area (Å²) in [5, 5.41) is 3.44. The van der Waals surface area contributed by atoms with Gasteiger partial charge >= 0.3 is 17.7 Å². The second-order valence-electron chi connectivity index (χ2n) is 11.4. The first-order valence-corrected chi connectivity index (χ1v) is 15.5. The van der Waals surface area contributed by atoms with Crippen LogP contribution in [0.3, 0.4) is 0 Å². The summed E-state index contributed by atoms with van der Waals surface area (Å²) in [4.78, 5) is 38.9. The number of rotatable bonds is 17. The van der Waals surface area contributed by atoms with E-state index in [1.807, 2.05) is 24.3 Å². The maximum atomic E-state index is 13.3. The second-order valence-corrected chi connectivity index (χ2v) is 11.4. The lowest BCUT2D eigenvalue weighted by atomic mass is 9.89. The molecule has 1 aliphatic rings. The number of aromatic amines is 1. The SMILES string of the molecule is CCCCOc1nc(N)c2[nH]c(=O)n(C(CCCN(C)CCOc3cccc(CC(=O)OC)c3)CC3CCNCC3)c2n1. The zero-order chi connectivity index (χ0) is 30.6. The number of piperidine rings is 1. The minimum Gasteiger partial charge on any atom is -0.492 e. The number of ether oxygens (including phenoxy) is 3. The van der Waals surface area contributed by atoms with Gasteiger partial charge in [-0.2, -0.15) is 9.97 Å². The third-order valence-corrected chi connectivity index (χ3v) is 8.03. The van der Waals surface area contributed by atoms with Crippen LogP contribution < -0.4 is 26.2 Å². The van der Waals surface area contributed by atoms with Gasteiger partial charge in [-0.05, 0) is 88.8 Å². The summed E-state index contributed by atoms with van der Waals surface area (Å²) in [5.74, 6) is 1.21. The van der Waals surface area contributed by atoms with Crippen molar-refractivity contribution in [3.05, 3.63) is 40.3 Å². The maximum Gasteiger partial charge on any atom is 0.328 e. The molecule has 1 aromatic carbocycles. The summed E-state index contributed by atoms with van der Waals surface area (Å²) in [5.41, 5.74) is 7.86. The van der Waals surface area contributed by atoms with Gasteiger partial charge < -0.3 is 35.1 Å². The van der Waals surface area contributed by atoms with E-state index in [1.165, 1.54) is 7.11 Å². The first-order valence-electron chi connectivity index (χ1n) is 15.5. The van der Waals surface area contributed by atoms with Crippen molar-refractivity contribution in [3.63, 3.8) is 0 Å². The number of nitrogens with two attached hydrogens (primary N) is 1. The fourth-order valence-corrected chi connectivity index (χ4v) is 5.58. The Morgan fingerprint density at radius 2 is 1.98 bits per heavy atom. The van der Waals surface area contributed by atoms with E-state index in [0.717, 1.165) is 82.4 Å². The lowest BCUT2D eigenvalue weighted by Gasteiger charge is -2.28. The molecule has 43 heavy (non-hydrogen) atoms. The molecule has 0 amide bonds. The molecular weight excluding hydrogens is 550 g/mol. The smallest absolute Gasteiger partial charge is 0.328 e. The number of esters is 1. The first kappa shape index (κ1) is 32.3. The molecule has 1 saturated heterocycles. The monoisotopic (exact) mass is 597 g/mol. The second kappa shape index (κ2) is 16.3. The molecule has 1 fully saturated rings. The summed E-state index contributed by atoms with van der Waals surface area (Å²) in [6.45, 7) is 6.72. The Bertz CT molecular complexity index is 1370. The lowest BCUT2D eigenvalue weighted by molar-refractivity contribution is -0.139. The Hall–Kier alpha value is -3.64. The number of H-pyrrole nitrogens is 1. The van der Waals surface area contributed by atoms with Gasteiger partial charge in [-0.15, -0.1) is 0 Å². The molecule has 0 saturated carbocycles. The van der Waals surface area contributed by atoms with Gasteiger partial charge in [0, 0.05) is 12.6 Å². The molecule has 1 unspecified atom stereocenters. The highest BCUT2D eigenvalue weighted by Crippen LogP contribution is 2.30. The number of likely N-dealkylation sites (N-methyl/N-ethyl adjacent to an activating group) is 1. The molecule has 4 N–H and O–H groups in total. The van der Waals surface area contributed by atoms with Crippen molar-refractivity contribution in [2.24, 2.45) is 5.92 Å². The summed E-state index contributed by atoms with van der Waals surface area (Å²) >= 11 is 0. The van der Waals surface area contributed by atoms with Crippen molar-refractivity contribution in [3.8, 4) is 11.8 Å². The predicted octanol–water partition coefficient (Wildman–Crippen LogP) is 3.32. The number of hydrogen-bond donors (Lipinski definition) is 3. The molecule has 12 nitrogen and oxygen atoms in total. The molecule has 1 atom stereocenters. The van der Waals surface area contributed by atoms with Crippen LogP contribution in [-0.4, -0.2) is 83.9 Å². The Kier molecular flexibility index (Phi) is 12.2. The van der Waals surface area contributed by atoms with Crippen LogP contribution in [0.2, 0.25) is 0 Å². The van der Waals surface area contributed by atoms with Crippen LogP contribution in [0, 0.1) is 5.92 Å². The number of carbonyl (C=O) groups excluding carboxylic acids is 1. The number of nitrogens with zero attached hydrogens (tertiary/aromatic N) is 4. The van der Waals surface area contributed by atoms with Gasteiger partial charge in [0.25, 0.3) is 0 Å². The van der Waals surface area contributed by atoms with Crippen LogP contribution in [0.4, 0.5) is 5.82 Å². The highest BCUT2D eigenvalue weighted by atomic mass is 16.5. The van der Waals surface area contributed by atoms with Crippen LogP contribution in [0.25, 0.3) is 11.2 Å². The standard InChI is InChI=1S/C31H47N7O5/c1-4-5-17-43-30-35-28(32)27-29(36-30)38(31(40)34-27)24(19-22-11-13-33-14-12-22)9-7-15-37(2)16-18-42-25-10-6-8-23(20-25)21-26(39)41-3/h6,8,10,20,22,24,33H,4-5,7,9,11-19,21H2,1-3H3,(H,34,40)(H2,32,35,36). The molecule has 12 heteroatoms. The van der Waals surface area contributed by atoms with Crippen molar-refractivity contribution in [1.29, 1.82) is 0 Å². The number of nitrogens with one attached hydrogen (secondary N) is 2. The van der Waals surface area contributed by atoms with Gasteiger partial charge in [-0.3, -0.25) is 9.36 Å². The quantitative estimate of drug-likeness (QED) is 0.156. The van der Waals surface area contributed by atoms with E-state index in [0.29, 0.717) is 30.3 Å². The van der Waals surface area contributed by atoms with E-state index in [2.05, 4.69) is 39.1 Å². The number of anilines is 1. The predicted molar refractivity (Wildman–Crippen MR) is 167 cm³/mol. The van der Waals surface area contributed by atoms with Crippen LogP contribution in [-0.2, 0) is 16.0 Å². The Labute approximate surface area is 253 Å². The van der Waals surface area contributed by atoms with Crippen LogP contribution in [0.15, 0.2) is 29.1 Å². The third-order valence-electron chi connectivity index (χ3n) is 8.03. The molecule has 0 aliphatic carbocycles. The van der Waals surface area contributed by atoms with E-state index in [-0.39, 0.29) is 36.0 Å². The molecule has 0 bridgehead atoms. The minimum atomic E-state index is -0.276. The van der Waals surface area contributed by atoms with Gasteiger partial charge in [0.15, 0.2) is 11.5 Å². The fraction of sp³-hybridized carbons (Fsp3) is 0.613. The maximum absolute atomic E-state index is 13.3. The number of fused-ring (bicyclic) bond motifs is 1. The van der Waals surface area contributed by atoms with Gasteiger partial charge in [0.1, 0.15) is 17.9 Å². The molecule has 0 radical (unpaired) electrons. The van der Waals surface area contributed by atoms with Gasteiger partial charge in [-0.1, -0.05) is 25.5 Å². The van der Waals surface area contributed by atoms with Crippen LogP contribution >= 0.6 is 0 Å². The average molecular weight is 598 g/mol. The molecule has 3 aromatic rings. The Morgan fingerprint density at radius 3 is 2.74 bits per heavy atom. The van der Waals surface area contributed by atoms with Crippen molar-refractivity contribution >= 4 is 23.0 Å². The Balaban J connectivity index is 1.39. The average Bonchev–Trinajstić information content (AvgIpc) is 3.33. The van der Waals surface area contributed by atoms with E-state index in [1.54, 1.807) is 4.57 Å². The number of carbonyl (C=O) groups is 1. The fourth-order valence-electron chi connectivity index (χ4n) is 5.58. The normalized spacial score (nSPS) is 14.7. The number of nitrogen functional groups attached to an aromatic ring is 1. The number of imidazole rings is 1. The van der Waals surface area contributed by atoms with Crippen LogP contribution in [0.5, 0.6) is 11.8 Å². The highest BCUT2D eigenvalue weighted by molar-refractivity contribution is 5.82. The number of benzene rings is 1. The molecule has 1 aliphatic heterocycles. The van der Waals surface area contributed by atoms with Crippen molar-refractivity contribution in [2.45, 2.75) is 64.3 Å². The number of hydrogen-bond acceptors (Lipinski definition) is 10. The third kappa shape index (κ3) is 9.42. The van der Waals surface area contributed by atoms with Gasteiger partial charge in [-0.25, -0.2) is 4.79 Å². The van der Waals surface area contributed by atoms with Gasteiger partial charge in [0.05, 0.1) is 20.1 Å². The molecule has 4 rings (SSSR count). The Morgan fingerprint density at radius 1 is 1.16 bits per heavy atom. The van der Waals surface area contributed by atoms with Crippen molar-refractivity contribution < 1.29 is 19.0 Å². The van der Waals surface area contributed by atoms with E-state index in [9.17, 15) is 9.59 Å². The lowest BCUT2D eigenvalue weighted by Crippen LogP contribution is -2.31. The van der Waals surface area contributed by atoms with Gasteiger partial charge in [0.2, 0.25) is 0 Å². The number of aromatic nitrogens is 4. The molecule has 3 heterocycles. The summed E-state index contributed by atoms with van der Waals surface area (Å²) < 4.78 is 18.3. The summed E-state index contributed by atoms with van der Waals surface area (Å²) in [6, 6.07) is 7.72. The minimum absolute atomic E-state index is 0.0238. The molecular formula is C31H47N7O5. The van der Waals surface area contributed by atoms with Crippen molar-refractivity contribution in [2.75, 3.05) is 59.3 Å². The van der Waals surface area contributed by atoms with Crippen LogP contribution in [0.1, 0.15) is 63.5 Å². The number of methoxy groups -OCH3 is 1. The number of unbranched alkanes of at least 4 members (excludes halogenated alkanes) is 1. The largest absolute Gasteiger partial charge is 0.492 e. The summed E-state index contributed by atoms with van der Waals surface area (Å²) in [7, 11) is 3.46. The molecule has 0 spiro atoms. The first-order chi connectivity index (χ1) is 20.9. The highest BCUT2D eigenvalue weighted by Gasteiger charge is 2.25.